The molecule has 0 amide bonds. The van der Waals surface area contributed by atoms with Gasteiger partial charge >= 0.3 is 0 Å². The summed E-state index contributed by atoms with van der Waals surface area (Å²) < 4.78 is 0. The van der Waals surface area contributed by atoms with Crippen LogP contribution in [0.4, 0.5) is 11.5 Å². The monoisotopic (exact) mass is 298 g/mol. The van der Waals surface area contributed by atoms with E-state index >= 15 is 0 Å². The second-order valence-corrected chi connectivity index (χ2v) is 5.75. The minimum absolute atomic E-state index is 0.440. The Morgan fingerprint density at radius 2 is 2.05 bits per heavy atom. The van der Waals surface area contributed by atoms with Crippen LogP contribution in [0.5, 0.6) is 0 Å². The number of benzene rings is 1. The molecule has 1 aromatic heterocycles. The highest BCUT2D eigenvalue weighted by molar-refractivity contribution is 6.30. The van der Waals surface area contributed by atoms with E-state index in [9.17, 15) is 0 Å². The number of halogens is 1. The van der Waals surface area contributed by atoms with Gasteiger partial charge in [0.05, 0.1) is 11.6 Å². The van der Waals surface area contributed by atoms with E-state index in [1.165, 1.54) is 0 Å². The van der Waals surface area contributed by atoms with E-state index in [4.69, 9.17) is 16.9 Å². The zero-order chi connectivity index (χ0) is 15.0. The first kappa shape index (κ1) is 13.8. The molecule has 1 aromatic carbocycles. The van der Waals surface area contributed by atoms with Crippen molar-refractivity contribution >= 4 is 23.1 Å². The quantitative estimate of drug-likeness (QED) is 0.861. The lowest BCUT2D eigenvalue weighted by Crippen LogP contribution is -2.04. The highest BCUT2D eigenvalue weighted by atomic mass is 35.5. The molecule has 3 rings (SSSR count). The van der Waals surface area contributed by atoms with Gasteiger partial charge in [-0.05, 0) is 44.4 Å². The molecule has 0 spiro atoms. The second kappa shape index (κ2) is 5.34. The van der Waals surface area contributed by atoms with E-state index in [1.807, 2.05) is 26.0 Å². The third-order valence-corrected chi connectivity index (χ3v) is 4.03. The molecule has 1 fully saturated rings. The molecule has 1 N–H and O–H groups in total. The maximum Gasteiger partial charge on any atom is 0.138 e. The van der Waals surface area contributed by atoms with Gasteiger partial charge in [0.25, 0.3) is 0 Å². The highest BCUT2D eigenvalue weighted by Gasteiger charge is 2.28. The van der Waals surface area contributed by atoms with Crippen LogP contribution in [0.25, 0.3) is 0 Å². The maximum atomic E-state index is 9.02. The van der Waals surface area contributed by atoms with Gasteiger partial charge in [-0.25, -0.2) is 9.97 Å². The average molecular weight is 299 g/mol. The maximum absolute atomic E-state index is 9.02. The minimum atomic E-state index is 0.440. The summed E-state index contributed by atoms with van der Waals surface area (Å²) in [4.78, 5) is 8.95. The summed E-state index contributed by atoms with van der Waals surface area (Å²) in [6, 6.07) is 7.69. The van der Waals surface area contributed by atoms with Crippen molar-refractivity contribution in [1.82, 2.24) is 9.97 Å². The number of aryl methyl sites for hydroxylation is 1. The molecule has 21 heavy (non-hydrogen) atoms. The number of hydrogen-bond acceptors (Lipinski definition) is 4. The Hall–Kier alpha value is -2.12. The average Bonchev–Trinajstić information content (AvgIpc) is 3.30. The normalized spacial score (nSPS) is 13.8. The predicted molar refractivity (Wildman–Crippen MR) is 82.9 cm³/mol. The summed E-state index contributed by atoms with van der Waals surface area (Å²) in [5.74, 6) is 1.97. The Labute approximate surface area is 128 Å². The summed E-state index contributed by atoms with van der Waals surface area (Å²) in [7, 11) is 0. The molecule has 106 valence electrons. The molecular weight excluding hydrogens is 284 g/mol. The third-order valence-electron chi connectivity index (χ3n) is 3.67. The van der Waals surface area contributed by atoms with Crippen molar-refractivity contribution in [3.8, 4) is 6.07 Å². The van der Waals surface area contributed by atoms with Crippen molar-refractivity contribution in [1.29, 1.82) is 5.26 Å². The van der Waals surface area contributed by atoms with Crippen molar-refractivity contribution in [2.24, 2.45) is 0 Å². The van der Waals surface area contributed by atoms with Gasteiger partial charge in [-0.3, -0.25) is 0 Å². The number of nitriles is 1. The van der Waals surface area contributed by atoms with Crippen LogP contribution in [0.3, 0.4) is 0 Å². The predicted octanol–water partition coefficient (Wildman–Crippen LogP) is 4.24. The number of nitrogens with zero attached hydrogens (tertiary/aromatic N) is 3. The number of rotatable bonds is 3. The van der Waals surface area contributed by atoms with Crippen LogP contribution < -0.4 is 5.32 Å². The first-order chi connectivity index (χ1) is 10.1. The van der Waals surface area contributed by atoms with Crippen LogP contribution in [0.15, 0.2) is 18.2 Å². The Kier molecular flexibility index (Phi) is 3.52. The van der Waals surface area contributed by atoms with Crippen LogP contribution >= 0.6 is 11.6 Å². The van der Waals surface area contributed by atoms with E-state index in [-0.39, 0.29) is 0 Å². The zero-order valence-electron chi connectivity index (χ0n) is 11.9. The Morgan fingerprint density at radius 1 is 1.29 bits per heavy atom. The molecule has 1 aliphatic rings. The van der Waals surface area contributed by atoms with Gasteiger partial charge < -0.3 is 5.32 Å². The molecule has 5 heteroatoms. The smallest absolute Gasteiger partial charge is 0.138 e. The van der Waals surface area contributed by atoms with E-state index in [2.05, 4.69) is 21.4 Å². The summed E-state index contributed by atoms with van der Waals surface area (Å²) in [6.07, 6.45) is 2.25. The van der Waals surface area contributed by atoms with Crippen molar-refractivity contribution in [2.75, 3.05) is 5.32 Å². The van der Waals surface area contributed by atoms with Gasteiger partial charge in [0, 0.05) is 17.2 Å². The summed E-state index contributed by atoms with van der Waals surface area (Å²) >= 11 is 6.21. The molecule has 2 aromatic rings. The number of anilines is 2. The van der Waals surface area contributed by atoms with Crippen molar-refractivity contribution < 1.29 is 0 Å². The number of nitrogens with one attached hydrogen (secondary N) is 1. The Bertz CT molecular complexity index is 745. The van der Waals surface area contributed by atoms with Crippen molar-refractivity contribution in [2.45, 2.75) is 32.6 Å². The Morgan fingerprint density at radius 3 is 2.71 bits per heavy atom. The lowest BCUT2D eigenvalue weighted by atomic mass is 10.1. The molecule has 4 nitrogen and oxygen atoms in total. The van der Waals surface area contributed by atoms with E-state index in [0.717, 1.165) is 41.3 Å². The topological polar surface area (TPSA) is 61.6 Å². The molecular formula is C16H15ClN4. The summed E-state index contributed by atoms with van der Waals surface area (Å²) in [5.41, 5.74) is 3.36. The molecule has 1 aliphatic carbocycles. The van der Waals surface area contributed by atoms with Gasteiger partial charge in [-0.1, -0.05) is 17.7 Å². The van der Waals surface area contributed by atoms with Gasteiger partial charge in [0.15, 0.2) is 0 Å². The number of hydrogen-bond donors (Lipinski definition) is 1. The highest BCUT2D eigenvalue weighted by Crippen LogP contribution is 2.39. The molecule has 1 heterocycles. The SMILES string of the molecule is Cc1ccc(C#N)cc1Nc1nc(C2CC2)nc(Cl)c1C. The van der Waals surface area contributed by atoms with Gasteiger partial charge in [-0.15, -0.1) is 0 Å². The molecule has 0 aliphatic heterocycles. The first-order valence-electron chi connectivity index (χ1n) is 6.90. The van der Waals surface area contributed by atoms with Crippen LogP contribution in [-0.4, -0.2) is 9.97 Å². The standard InChI is InChI=1S/C16H15ClN4/c1-9-3-4-11(8-18)7-13(9)19-15-10(2)14(17)20-16(21-15)12-5-6-12/h3-4,7,12H,5-6H2,1-2H3,(H,19,20,21). The van der Waals surface area contributed by atoms with Crippen molar-refractivity contribution in [3.63, 3.8) is 0 Å². The lowest BCUT2D eigenvalue weighted by Gasteiger charge is -2.13. The zero-order valence-corrected chi connectivity index (χ0v) is 12.7. The van der Waals surface area contributed by atoms with Gasteiger partial charge in [-0.2, -0.15) is 5.26 Å². The van der Waals surface area contributed by atoms with Crippen LogP contribution in [0.2, 0.25) is 5.15 Å². The van der Waals surface area contributed by atoms with E-state index in [0.29, 0.717) is 16.6 Å². The molecule has 0 radical (unpaired) electrons. The fourth-order valence-electron chi connectivity index (χ4n) is 2.11. The molecule has 1 saturated carbocycles. The van der Waals surface area contributed by atoms with Crippen molar-refractivity contribution in [3.05, 3.63) is 45.9 Å². The van der Waals surface area contributed by atoms with Gasteiger partial charge in [0.2, 0.25) is 0 Å². The first-order valence-corrected chi connectivity index (χ1v) is 7.28. The van der Waals surface area contributed by atoms with Crippen LogP contribution in [0, 0.1) is 25.2 Å². The minimum Gasteiger partial charge on any atom is -0.340 e. The lowest BCUT2D eigenvalue weighted by molar-refractivity contribution is 0.921. The van der Waals surface area contributed by atoms with Gasteiger partial charge in [0.1, 0.15) is 16.8 Å². The second-order valence-electron chi connectivity index (χ2n) is 5.39. The molecule has 0 unspecified atom stereocenters. The molecule has 0 bridgehead atoms. The van der Waals surface area contributed by atoms with E-state index < -0.39 is 0 Å². The summed E-state index contributed by atoms with van der Waals surface area (Å²) in [6.45, 7) is 3.88. The van der Waals surface area contributed by atoms with Crippen LogP contribution in [-0.2, 0) is 0 Å². The fourth-order valence-corrected chi connectivity index (χ4v) is 2.28. The van der Waals surface area contributed by atoms with Crippen LogP contribution in [0.1, 0.15) is 41.3 Å². The molecule has 0 atom stereocenters. The fraction of sp³-hybridized carbons (Fsp3) is 0.312. The molecule has 0 saturated heterocycles. The van der Waals surface area contributed by atoms with E-state index in [1.54, 1.807) is 6.07 Å². The largest absolute Gasteiger partial charge is 0.340 e. The number of aromatic nitrogens is 2. The summed E-state index contributed by atoms with van der Waals surface area (Å²) in [5, 5.41) is 12.8. The Balaban J connectivity index is 1.99. The third kappa shape index (κ3) is 2.84.